The van der Waals surface area contributed by atoms with Gasteiger partial charge in [0, 0.05) is 17.7 Å². The number of hydrogen-bond donors (Lipinski definition) is 3. The number of quaternary nitrogens is 1. The molecule has 0 amide bonds. The Morgan fingerprint density at radius 3 is 2.48 bits per heavy atom. The third-order valence-corrected chi connectivity index (χ3v) is 5.53. The van der Waals surface area contributed by atoms with Crippen LogP contribution >= 0.6 is 23.2 Å². The van der Waals surface area contributed by atoms with Crippen molar-refractivity contribution in [1.29, 1.82) is 0 Å². The summed E-state index contributed by atoms with van der Waals surface area (Å²) in [4.78, 5) is 28.4. The van der Waals surface area contributed by atoms with Gasteiger partial charge in [0.05, 0.1) is 40.6 Å². The molecule has 0 bridgehead atoms. The van der Waals surface area contributed by atoms with E-state index in [-0.39, 0.29) is 52.8 Å². The third-order valence-electron chi connectivity index (χ3n) is 4.82. The lowest BCUT2D eigenvalue weighted by molar-refractivity contribution is -0.608. The number of allylic oxidation sites excluding steroid dienone is 4. The fraction of sp³-hybridized carbons (Fsp3) is 0.300. The molecule has 1 aromatic carbocycles. The van der Waals surface area contributed by atoms with Gasteiger partial charge in [-0.25, -0.2) is 0 Å². The maximum Gasteiger partial charge on any atom is 0.281 e. The summed E-state index contributed by atoms with van der Waals surface area (Å²) in [7, 11) is 0. The highest BCUT2D eigenvalue weighted by atomic mass is 35.5. The minimum Gasteiger partial charge on any atom is -0.872 e. The number of rotatable bonds is 8. The number of nitro benzene ring substituents is 1. The molecular weight excluding hydrogens is 449 g/mol. The lowest BCUT2D eigenvalue weighted by Gasteiger charge is -2.30. The Bertz CT molecular complexity index is 1050. The molecule has 0 aliphatic heterocycles. The predicted octanol–water partition coefficient (Wildman–Crippen LogP) is -0.110. The number of hydrogen-bond acceptors (Lipinski definition) is 7. The summed E-state index contributed by atoms with van der Waals surface area (Å²) in [5, 5.41) is 45.8. The number of nitrogens with two attached hydrogens (primary N) is 1. The highest BCUT2D eigenvalue weighted by molar-refractivity contribution is 6.31. The van der Waals surface area contributed by atoms with Crippen LogP contribution in [-0.2, 0) is 0 Å². The van der Waals surface area contributed by atoms with Gasteiger partial charge in [-0.1, -0.05) is 17.9 Å². The number of Topliss-reactive ketones (excluding diaryl/α,β-unsaturated/α-hetero) is 1. The molecule has 11 heteroatoms. The Morgan fingerprint density at radius 2 is 1.84 bits per heavy atom. The fourth-order valence-corrected chi connectivity index (χ4v) is 3.57. The molecule has 0 spiro atoms. The summed E-state index contributed by atoms with van der Waals surface area (Å²) in [6.45, 7) is 0.0236. The molecule has 1 aromatic rings. The van der Waals surface area contributed by atoms with Crippen molar-refractivity contribution in [3.05, 3.63) is 68.4 Å². The van der Waals surface area contributed by atoms with Crippen molar-refractivity contribution in [3.8, 4) is 0 Å². The van der Waals surface area contributed by atoms with Crippen LogP contribution < -0.4 is 10.4 Å². The summed E-state index contributed by atoms with van der Waals surface area (Å²) in [5.74, 6) is -1.35. The largest absolute Gasteiger partial charge is 0.872 e. The molecule has 2 unspecified atom stereocenters. The van der Waals surface area contributed by atoms with E-state index >= 15 is 0 Å². The molecule has 0 fully saturated rings. The Kier molecular flexibility index (Phi) is 7.24. The molecule has 2 atom stereocenters. The second-order valence-corrected chi connectivity index (χ2v) is 7.55. The number of carbonyl (C=O) groups is 1. The van der Waals surface area contributed by atoms with E-state index in [2.05, 4.69) is 4.99 Å². The first-order valence-electron chi connectivity index (χ1n) is 9.32. The number of fused-ring (bicyclic) bond motifs is 2. The third kappa shape index (κ3) is 4.56. The first-order valence-corrected chi connectivity index (χ1v) is 10.4. The van der Waals surface area contributed by atoms with E-state index in [0.717, 1.165) is 0 Å². The van der Waals surface area contributed by atoms with Crippen molar-refractivity contribution in [1.82, 2.24) is 0 Å². The van der Waals surface area contributed by atoms with Gasteiger partial charge in [0.1, 0.15) is 23.9 Å². The van der Waals surface area contributed by atoms with E-state index in [1.165, 1.54) is 30.4 Å². The van der Waals surface area contributed by atoms with E-state index < -0.39 is 34.4 Å². The standard InChI is InChI=1S/C20H19Cl2N3O6/c21-6-10(26)8-23-13-4-5-14(24-9-11(27)7-22)18-17(13)19(28)12-2-1-3-15(25(30)31)16(12)20(18)29/h1-5,10-11,24,26-28H,6-9H2. The normalized spacial score (nSPS) is 18.8. The van der Waals surface area contributed by atoms with Gasteiger partial charge in [0.15, 0.2) is 0 Å². The maximum atomic E-state index is 13.4. The van der Waals surface area contributed by atoms with E-state index in [9.17, 15) is 30.2 Å². The van der Waals surface area contributed by atoms with Gasteiger partial charge in [-0.2, -0.15) is 0 Å². The zero-order valence-electron chi connectivity index (χ0n) is 16.1. The van der Waals surface area contributed by atoms with E-state index in [0.29, 0.717) is 5.70 Å². The number of nitro groups is 1. The molecule has 3 rings (SSSR count). The van der Waals surface area contributed by atoms with Crippen molar-refractivity contribution in [2.75, 3.05) is 24.8 Å². The van der Waals surface area contributed by atoms with Crippen LogP contribution in [-0.4, -0.2) is 63.7 Å². The highest BCUT2D eigenvalue weighted by Crippen LogP contribution is 2.39. The Balaban J connectivity index is 2.21. The van der Waals surface area contributed by atoms with Crippen LogP contribution in [0, 0.1) is 10.1 Å². The number of halogens is 2. The first-order chi connectivity index (χ1) is 14.8. The molecule has 0 radical (unpaired) electrons. The number of alkyl halides is 2. The number of aliphatic hydroxyl groups is 2. The van der Waals surface area contributed by atoms with Crippen LogP contribution in [0.25, 0.3) is 5.76 Å². The van der Waals surface area contributed by atoms with E-state index in [4.69, 9.17) is 23.2 Å². The van der Waals surface area contributed by atoms with Gasteiger partial charge in [0.2, 0.25) is 5.78 Å². The Labute approximate surface area is 187 Å². The van der Waals surface area contributed by atoms with Crippen LogP contribution in [0.15, 0.2) is 52.2 Å². The molecule has 0 heterocycles. The number of aliphatic hydroxyl groups excluding tert-OH is 2. The predicted molar refractivity (Wildman–Crippen MR) is 113 cm³/mol. The summed E-state index contributed by atoms with van der Waals surface area (Å²) in [5.41, 5.74) is -0.366. The average molecular weight is 468 g/mol. The molecule has 2 aliphatic carbocycles. The van der Waals surface area contributed by atoms with Crippen molar-refractivity contribution in [2.45, 2.75) is 12.2 Å². The van der Waals surface area contributed by atoms with E-state index in [1.54, 1.807) is 5.32 Å². The molecule has 9 nitrogen and oxygen atoms in total. The first kappa shape index (κ1) is 23.1. The molecule has 31 heavy (non-hydrogen) atoms. The van der Waals surface area contributed by atoms with Crippen molar-refractivity contribution in [2.24, 2.45) is 4.99 Å². The van der Waals surface area contributed by atoms with Crippen LogP contribution in [0.1, 0.15) is 15.9 Å². The number of nitrogens with zero attached hydrogens (tertiary/aromatic N) is 2. The van der Waals surface area contributed by atoms with Gasteiger partial charge in [-0.3, -0.25) is 19.9 Å². The van der Waals surface area contributed by atoms with E-state index in [1.807, 2.05) is 0 Å². The van der Waals surface area contributed by atoms with Crippen LogP contribution in [0.3, 0.4) is 0 Å². The van der Waals surface area contributed by atoms with Crippen LogP contribution in [0.4, 0.5) is 5.69 Å². The van der Waals surface area contributed by atoms with Gasteiger partial charge >= 0.3 is 0 Å². The molecule has 0 saturated carbocycles. The average Bonchev–Trinajstić information content (AvgIpc) is 2.78. The van der Waals surface area contributed by atoms with Gasteiger partial charge in [-0.15, -0.1) is 23.2 Å². The second-order valence-electron chi connectivity index (χ2n) is 6.94. The minimum atomic E-state index is -0.940. The second kappa shape index (κ2) is 9.71. The topological polar surface area (TPSA) is 153 Å². The van der Waals surface area contributed by atoms with Gasteiger partial charge in [-0.05, 0) is 11.6 Å². The summed E-state index contributed by atoms with van der Waals surface area (Å²) in [6.07, 6.45) is 1.25. The van der Waals surface area contributed by atoms with Crippen LogP contribution in [0.5, 0.6) is 0 Å². The molecule has 0 aromatic heterocycles. The number of benzene rings is 1. The molecule has 164 valence electrons. The number of ketones is 1. The lowest BCUT2D eigenvalue weighted by Crippen LogP contribution is -2.85. The lowest BCUT2D eigenvalue weighted by atomic mass is 9.79. The monoisotopic (exact) mass is 467 g/mol. The SMILES string of the molecule is O=C1C2=C([NH2+]CC(O)CCl)C=CC(=NCC(O)CCl)C2=C([O-])c2cccc([N+](=O)[O-])c21. The molecule has 0 saturated heterocycles. The number of aliphatic imine (C=N–C) groups is 1. The Morgan fingerprint density at radius 1 is 1.13 bits per heavy atom. The quantitative estimate of drug-likeness (QED) is 0.275. The summed E-state index contributed by atoms with van der Waals surface area (Å²) < 4.78 is 0. The highest BCUT2D eigenvalue weighted by Gasteiger charge is 2.38. The minimum absolute atomic E-state index is 0.00566. The van der Waals surface area contributed by atoms with Crippen molar-refractivity contribution in [3.63, 3.8) is 0 Å². The zero-order valence-corrected chi connectivity index (χ0v) is 17.6. The summed E-state index contributed by atoms with van der Waals surface area (Å²) in [6, 6.07) is 3.87. The fourth-order valence-electron chi connectivity index (χ4n) is 3.34. The van der Waals surface area contributed by atoms with Crippen LogP contribution in [0.2, 0.25) is 0 Å². The summed E-state index contributed by atoms with van der Waals surface area (Å²) >= 11 is 11.2. The maximum absolute atomic E-state index is 13.4. The smallest absolute Gasteiger partial charge is 0.281 e. The van der Waals surface area contributed by atoms with Gasteiger partial charge < -0.3 is 20.6 Å². The van der Waals surface area contributed by atoms with Gasteiger partial charge in [0.25, 0.3) is 5.69 Å². The molecule has 2 aliphatic rings. The molecule has 4 N–H and O–H groups in total. The van der Waals surface area contributed by atoms with Crippen molar-refractivity contribution >= 4 is 46.1 Å². The number of carbonyl (C=O) groups excluding carboxylic acids is 1. The zero-order chi connectivity index (χ0) is 22.7. The Hall–Kier alpha value is -2.56. The van der Waals surface area contributed by atoms with Crippen molar-refractivity contribution < 1.29 is 30.4 Å². The molecular formula is C20H19Cl2N3O6.